The van der Waals surface area contributed by atoms with Crippen LogP contribution in [0.3, 0.4) is 0 Å². The van der Waals surface area contributed by atoms with Gasteiger partial charge >= 0.3 is 5.97 Å². The van der Waals surface area contributed by atoms with Crippen LogP contribution < -0.4 is 4.74 Å². The van der Waals surface area contributed by atoms with Crippen LogP contribution in [0.15, 0.2) is 54.6 Å². The zero-order valence-electron chi connectivity index (χ0n) is 13.4. The van der Waals surface area contributed by atoms with E-state index in [0.717, 1.165) is 6.08 Å². The molecule has 7 nitrogen and oxygen atoms in total. The first-order valence-electron chi connectivity index (χ1n) is 7.26. The second kappa shape index (κ2) is 8.39. The molecule has 0 radical (unpaired) electrons. The molecule has 0 atom stereocenters. The lowest BCUT2D eigenvalue weighted by Crippen LogP contribution is -2.12. The zero-order valence-corrected chi connectivity index (χ0v) is 13.4. The first-order chi connectivity index (χ1) is 12.0. The first-order valence-corrected chi connectivity index (χ1v) is 7.26. The molecular weight excluding hydrogens is 326 g/mol. The summed E-state index contributed by atoms with van der Waals surface area (Å²) in [6.45, 7) is -0.379. The lowest BCUT2D eigenvalue weighted by atomic mass is 10.1. The number of nitrogens with zero attached hydrogens (tertiary/aromatic N) is 1. The summed E-state index contributed by atoms with van der Waals surface area (Å²) in [7, 11) is 1.52. The van der Waals surface area contributed by atoms with Gasteiger partial charge in [0.1, 0.15) is 5.75 Å². The first kappa shape index (κ1) is 17.9. The summed E-state index contributed by atoms with van der Waals surface area (Å²) in [6.07, 6.45) is 2.60. The molecule has 128 valence electrons. The predicted octanol–water partition coefficient (Wildman–Crippen LogP) is 3.04. The summed E-state index contributed by atoms with van der Waals surface area (Å²) < 4.78 is 9.88. The van der Waals surface area contributed by atoms with Crippen LogP contribution in [0, 0.1) is 10.1 Å². The van der Waals surface area contributed by atoms with E-state index in [1.807, 2.05) is 0 Å². The van der Waals surface area contributed by atoms with Crippen molar-refractivity contribution in [3.8, 4) is 5.75 Å². The highest BCUT2D eigenvalue weighted by atomic mass is 16.6. The van der Waals surface area contributed by atoms with Gasteiger partial charge in [0.25, 0.3) is 5.69 Å². The van der Waals surface area contributed by atoms with Gasteiger partial charge in [-0.05, 0) is 48.0 Å². The molecule has 0 spiro atoms. The van der Waals surface area contributed by atoms with Crippen molar-refractivity contribution in [1.29, 1.82) is 0 Å². The summed E-state index contributed by atoms with van der Waals surface area (Å²) in [5.41, 5.74) is 0.974. The van der Waals surface area contributed by atoms with Crippen LogP contribution in [0.25, 0.3) is 6.08 Å². The lowest BCUT2D eigenvalue weighted by molar-refractivity contribution is -0.384. The number of nitro benzene ring substituents is 1. The van der Waals surface area contributed by atoms with E-state index in [2.05, 4.69) is 0 Å². The summed E-state index contributed by atoms with van der Waals surface area (Å²) >= 11 is 0. The van der Waals surface area contributed by atoms with Gasteiger partial charge in [-0.1, -0.05) is 0 Å². The van der Waals surface area contributed by atoms with Gasteiger partial charge in [0.2, 0.25) is 0 Å². The molecule has 0 saturated heterocycles. The number of hydrogen-bond donors (Lipinski definition) is 0. The molecule has 0 amide bonds. The molecule has 0 aromatic heterocycles. The van der Waals surface area contributed by atoms with E-state index < -0.39 is 10.9 Å². The van der Waals surface area contributed by atoms with E-state index >= 15 is 0 Å². The number of carbonyl (C=O) groups excluding carboxylic acids is 2. The van der Waals surface area contributed by atoms with Crippen molar-refractivity contribution in [3.63, 3.8) is 0 Å². The van der Waals surface area contributed by atoms with Crippen molar-refractivity contribution < 1.29 is 24.0 Å². The highest BCUT2D eigenvalue weighted by molar-refractivity contribution is 5.99. The second-order valence-corrected chi connectivity index (χ2v) is 4.94. The fraction of sp³-hybridized carbons (Fsp3) is 0.111. The fourth-order valence-electron chi connectivity index (χ4n) is 1.92. The Morgan fingerprint density at radius 3 is 2.28 bits per heavy atom. The Hall–Kier alpha value is -3.48. The molecular formula is C18H15NO6. The third-order valence-electron chi connectivity index (χ3n) is 3.27. The molecule has 0 N–H and O–H groups in total. The largest absolute Gasteiger partial charge is 0.497 e. The summed E-state index contributed by atoms with van der Waals surface area (Å²) in [4.78, 5) is 33.6. The highest BCUT2D eigenvalue weighted by Gasteiger charge is 2.09. The maximum absolute atomic E-state index is 11.9. The van der Waals surface area contributed by atoms with Gasteiger partial charge in [-0.2, -0.15) is 0 Å². The normalized spacial score (nSPS) is 10.4. The third-order valence-corrected chi connectivity index (χ3v) is 3.27. The molecule has 25 heavy (non-hydrogen) atoms. The number of Topliss-reactive ketones (excluding diaryl/α,β-unsaturated/α-hetero) is 1. The highest BCUT2D eigenvalue weighted by Crippen LogP contribution is 2.13. The van der Waals surface area contributed by atoms with Gasteiger partial charge in [0.15, 0.2) is 12.4 Å². The quantitative estimate of drug-likeness (QED) is 0.252. The van der Waals surface area contributed by atoms with Gasteiger partial charge in [-0.3, -0.25) is 14.9 Å². The lowest BCUT2D eigenvalue weighted by Gasteiger charge is -2.03. The SMILES string of the molecule is COc1ccc(C(=O)COC(=O)/C=C/c2ccc([N+](=O)[O-])cc2)cc1. The Morgan fingerprint density at radius 1 is 1.08 bits per heavy atom. The number of non-ortho nitro benzene ring substituents is 1. The van der Waals surface area contributed by atoms with Crippen LogP contribution in [0.5, 0.6) is 5.75 Å². The molecule has 0 unspecified atom stereocenters. The maximum Gasteiger partial charge on any atom is 0.331 e. The van der Waals surface area contributed by atoms with Crippen LogP contribution in [0.4, 0.5) is 5.69 Å². The number of ether oxygens (including phenoxy) is 2. The van der Waals surface area contributed by atoms with Crippen LogP contribution >= 0.6 is 0 Å². The molecule has 0 fully saturated rings. The van der Waals surface area contributed by atoms with Crippen molar-refractivity contribution in [2.75, 3.05) is 13.7 Å². The van der Waals surface area contributed by atoms with Crippen molar-refractivity contribution in [2.24, 2.45) is 0 Å². The molecule has 2 aromatic carbocycles. The Labute approximate surface area is 143 Å². The third kappa shape index (κ3) is 5.28. The van der Waals surface area contributed by atoms with Crippen molar-refractivity contribution >= 4 is 23.5 Å². The number of rotatable bonds is 7. The smallest absolute Gasteiger partial charge is 0.331 e. The Kier molecular flexibility index (Phi) is 6.00. The number of esters is 1. The van der Waals surface area contributed by atoms with Crippen LogP contribution in [0.1, 0.15) is 15.9 Å². The summed E-state index contributed by atoms with van der Waals surface area (Å²) in [5, 5.41) is 10.6. The molecule has 0 heterocycles. The minimum absolute atomic E-state index is 0.0372. The standard InChI is InChI=1S/C18H15NO6/c1-24-16-9-5-14(6-10-16)17(20)12-25-18(21)11-4-13-2-7-15(8-3-13)19(22)23/h2-11H,12H2,1H3/b11-4+. The van der Waals surface area contributed by atoms with E-state index in [1.165, 1.54) is 37.5 Å². The number of benzene rings is 2. The summed E-state index contributed by atoms with van der Waals surface area (Å²) in [5.74, 6) is -0.389. The zero-order chi connectivity index (χ0) is 18.2. The molecule has 0 saturated carbocycles. The molecule has 0 aliphatic carbocycles. The average Bonchev–Trinajstić information content (AvgIpc) is 2.64. The van der Waals surface area contributed by atoms with Gasteiger partial charge < -0.3 is 9.47 Å². The van der Waals surface area contributed by atoms with Crippen LogP contribution in [-0.2, 0) is 9.53 Å². The monoisotopic (exact) mass is 341 g/mol. The molecule has 7 heteroatoms. The fourth-order valence-corrected chi connectivity index (χ4v) is 1.92. The number of ketones is 1. The van der Waals surface area contributed by atoms with Gasteiger partial charge in [-0.25, -0.2) is 4.79 Å². The molecule has 0 aliphatic rings. The number of hydrogen-bond acceptors (Lipinski definition) is 6. The van der Waals surface area contributed by atoms with E-state index in [9.17, 15) is 19.7 Å². The Balaban J connectivity index is 1.86. The maximum atomic E-state index is 11.9. The second-order valence-electron chi connectivity index (χ2n) is 4.94. The van der Waals surface area contributed by atoms with E-state index in [0.29, 0.717) is 16.9 Å². The molecule has 0 bridgehead atoms. The number of carbonyl (C=O) groups is 2. The average molecular weight is 341 g/mol. The Morgan fingerprint density at radius 2 is 1.72 bits per heavy atom. The van der Waals surface area contributed by atoms with Gasteiger partial charge in [0.05, 0.1) is 12.0 Å². The predicted molar refractivity (Wildman–Crippen MR) is 90.4 cm³/mol. The van der Waals surface area contributed by atoms with E-state index in [1.54, 1.807) is 24.3 Å². The van der Waals surface area contributed by atoms with E-state index in [-0.39, 0.29) is 18.1 Å². The van der Waals surface area contributed by atoms with Crippen LogP contribution in [0.2, 0.25) is 0 Å². The van der Waals surface area contributed by atoms with Crippen LogP contribution in [-0.4, -0.2) is 30.4 Å². The molecule has 0 aliphatic heterocycles. The topological polar surface area (TPSA) is 95.7 Å². The minimum Gasteiger partial charge on any atom is -0.497 e. The molecule has 2 aromatic rings. The Bertz CT molecular complexity index is 793. The number of nitro groups is 1. The van der Waals surface area contributed by atoms with Crippen molar-refractivity contribution in [2.45, 2.75) is 0 Å². The number of methoxy groups -OCH3 is 1. The molecule has 2 rings (SSSR count). The minimum atomic E-state index is -0.680. The van der Waals surface area contributed by atoms with Crippen molar-refractivity contribution in [1.82, 2.24) is 0 Å². The van der Waals surface area contributed by atoms with Gasteiger partial charge in [0, 0.05) is 23.8 Å². The van der Waals surface area contributed by atoms with Gasteiger partial charge in [-0.15, -0.1) is 0 Å². The van der Waals surface area contributed by atoms with Crippen molar-refractivity contribution in [3.05, 3.63) is 75.8 Å². The summed E-state index contributed by atoms with van der Waals surface area (Å²) in [6, 6.07) is 12.1. The van der Waals surface area contributed by atoms with E-state index in [4.69, 9.17) is 9.47 Å².